The zero-order chi connectivity index (χ0) is 11.3. The van der Waals surface area contributed by atoms with E-state index in [0.29, 0.717) is 24.7 Å². The van der Waals surface area contributed by atoms with E-state index in [1.54, 1.807) is 6.07 Å². The summed E-state index contributed by atoms with van der Waals surface area (Å²) >= 11 is 0. The van der Waals surface area contributed by atoms with Gasteiger partial charge in [0.2, 0.25) is 0 Å². The first-order valence-corrected chi connectivity index (χ1v) is 5.32. The first-order chi connectivity index (χ1) is 7.13. The predicted molar refractivity (Wildman–Crippen MR) is 61.1 cm³/mol. The largest absolute Gasteiger partial charge is 0.330 e. The Bertz CT molecular complexity index is 312. The molecule has 84 valence electrons. The number of hydrogen-bond donors (Lipinski definition) is 2. The fourth-order valence-electron chi connectivity index (χ4n) is 1.43. The Morgan fingerprint density at radius 2 is 2.20 bits per heavy atom. The number of nitrogens with two attached hydrogens (primary N) is 1. The van der Waals surface area contributed by atoms with Crippen molar-refractivity contribution < 1.29 is 4.39 Å². The average molecular weight is 210 g/mol. The maximum Gasteiger partial charge on any atom is 0.127 e. The van der Waals surface area contributed by atoms with Crippen LogP contribution in [0.4, 0.5) is 4.39 Å². The van der Waals surface area contributed by atoms with Crippen LogP contribution in [0.3, 0.4) is 0 Å². The molecule has 0 heterocycles. The van der Waals surface area contributed by atoms with Crippen LogP contribution in [0.5, 0.6) is 0 Å². The molecule has 0 spiro atoms. The Morgan fingerprint density at radius 3 is 2.80 bits per heavy atom. The molecule has 0 bridgehead atoms. The molecule has 0 saturated carbocycles. The maximum atomic E-state index is 13.4. The summed E-state index contributed by atoms with van der Waals surface area (Å²) in [6, 6.07) is 5.64. The molecular weight excluding hydrogens is 191 g/mol. The van der Waals surface area contributed by atoms with E-state index in [4.69, 9.17) is 5.73 Å². The molecule has 15 heavy (non-hydrogen) atoms. The number of halogens is 1. The van der Waals surface area contributed by atoms with Gasteiger partial charge in [-0.3, -0.25) is 0 Å². The molecule has 0 aliphatic heterocycles. The summed E-state index contributed by atoms with van der Waals surface area (Å²) < 4.78 is 13.4. The van der Waals surface area contributed by atoms with Crippen LogP contribution < -0.4 is 11.1 Å². The molecule has 0 radical (unpaired) electrons. The lowest BCUT2D eigenvalue weighted by molar-refractivity contribution is 0.505. The van der Waals surface area contributed by atoms with Crippen molar-refractivity contribution >= 4 is 0 Å². The quantitative estimate of drug-likeness (QED) is 0.779. The lowest BCUT2D eigenvalue weighted by Crippen LogP contribution is -2.28. The van der Waals surface area contributed by atoms with Crippen LogP contribution in [0.2, 0.25) is 0 Å². The third-order valence-electron chi connectivity index (χ3n) is 2.45. The molecule has 1 aromatic carbocycles. The third kappa shape index (κ3) is 3.98. The molecule has 1 aromatic rings. The Morgan fingerprint density at radius 1 is 1.47 bits per heavy atom. The molecule has 0 aliphatic carbocycles. The molecule has 1 unspecified atom stereocenters. The highest BCUT2D eigenvalue weighted by molar-refractivity contribution is 5.23. The van der Waals surface area contributed by atoms with Crippen molar-refractivity contribution in [3.63, 3.8) is 0 Å². The van der Waals surface area contributed by atoms with Crippen LogP contribution in [0.25, 0.3) is 0 Å². The van der Waals surface area contributed by atoms with E-state index in [0.717, 1.165) is 12.0 Å². The summed E-state index contributed by atoms with van der Waals surface area (Å²) in [5.74, 6) is -0.137. The Hall–Kier alpha value is -0.930. The Kier molecular flexibility index (Phi) is 4.72. The van der Waals surface area contributed by atoms with Crippen molar-refractivity contribution in [1.82, 2.24) is 5.32 Å². The second kappa shape index (κ2) is 5.83. The third-order valence-corrected chi connectivity index (χ3v) is 2.45. The minimum absolute atomic E-state index is 0.137. The molecule has 1 atom stereocenters. The van der Waals surface area contributed by atoms with Gasteiger partial charge < -0.3 is 11.1 Å². The Balaban J connectivity index is 2.50. The molecule has 0 aliphatic rings. The van der Waals surface area contributed by atoms with Gasteiger partial charge in [-0.05, 0) is 38.4 Å². The van der Waals surface area contributed by atoms with Gasteiger partial charge in [-0.1, -0.05) is 12.1 Å². The number of aryl methyl sites for hydroxylation is 1. The molecule has 2 nitrogen and oxygen atoms in total. The van der Waals surface area contributed by atoms with E-state index in [1.807, 2.05) is 19.1 Å². The summed E-state index contributed by atoms with van der Waals surface area (Å²) in [5, 5.41) is 3.24. The fraction of sp³-hybridized carbons (Fsp3) is 0.500. The zero-order valence-electron chi connectivity index (χ0n) is 9.39. The summed E-state index contributed by atoms with van der Waals surface area (Å²) in [4.78, 5) is 0. The highest BCUT2D eigenvalue weighted by Gasteiger charge is 2.04. The molecule has 0 saturated heterocycles. The van der Waals surface area contributed by atoms with Crippen LogP contribution in [-0.2, 0) is 6.54 Å². The molecule has 3 heteroatoms. The smallest absolute Gasteiger partial charge is 0.127 e. The molecule has 3 N–H and O–H groups in total. The second-order valence-corrected chi connectivity index (χ2v) is 3.95. The van der Waals surface area contributed by atoms with Gasteiger partial charge in [0.15, 0.2) is 0 Å². The van der Waals surface area contributed by atoms with Gasteiger partial charge in [0.1, 0.15) is 5.82 Å². The van der Waals surface area contributed by atoms with Gasteiger partial charge in [-0.2, -0.15) is 0 Å². The van der Waals surface area contributed by atoms with E-state index in [9.17, 15) is 4.39 Å². The van der Waals surface area contributed by atoms with E-state index in [1.165, 1.54) is 0 Å². The fourth-order valence-corrected chi connectivity index (χ4v) is 1.43. The second-order valence-electron chi connectivity index (χ2n) is 3.95. The maximum absolute atomic E-state index is 13.4. The molecular formula is C12H19FN2. The summed E-state index contributed by atoms with van der Waals surface area (Å²) in [7, 11) is 0. The highest BCUT2D eigenvalue weighted by Crippen LogP contribution is 2.09. The predicted octanol–water partition coefficient (Wildman–Crippen LogP) is 1.96. The number of nitrogens with one attached hydrogen (secondary N) is 1. The van der Waals surface area contributed by atoms with Crippen LogP contribution >= 0.6 is 0 Å². The minimum atomic E-state index is -0.137. The summed E-state index contributed by atoms with van der Waals surface area (Å²) in [5.41, 5.74) is 7.10. The van der Waals surface area contributed by atoms with Gasteiger partial charge in [0.05, 0.1) is 0 Å². The van der Waals surface area contributed by atoms with E-state index in [2.05, 4.69) is 12.2 Å². The van der Waals surface area contributed by atoms with Crippen molar-refractivity contribution in [3.05, 3.63) is 35.1 Å². The van der Waals surface area contributed by atoms with Crippen molar-refractivity contribution in [1.29, 1.82) is 0 Å². The van der Waals surface area contributed by atoms with Crippen LogP contribution in [-0.4, -0.2) is 12.6 Å². The topological polar surface area (TPSA) is 38.0 Å². The average Bonchev–Trinajstić information content (AvgIpc) is 2.17. The molecule has 0 amide bonds. The van der Waals surface area contributed by atoms with E-state index in [-0.39, 0.29) is 5.82 Å². The first kappa shape index (κ1) is 12.1. The van der Waals surface area contributed by atoms with Gasteiger partial charge in [-0.25, -0.2) is 4.39 Å². The Labute approximate surface area is 90.7 Å². The number of rotatable bonds is 5. The van der Waals surface area contributed by atoms with Crippen molar-refractivity contribution in [2.24, 2.45) is 5.73 Å². The normalized spacial score (nSPS) is 12.8. The van der Waals surface area contributed by atoms with Gasteiger partial charge >= 0.3 is 0 Å². The van der Waals surface area contributed by atoms with E-state index < -0.39 is 0 Å². The SMILES string of the molecule is Cc1ccc(CNC(C)CCN)c(F)c1. The molecule has 0 fully saturated rings. The zero-order valence-corrected chi connectivity index (χ0v) is 9.39. The van der Waals surface area contributed by atoms with Crippen molar-refractivity contribution in [3.8, 4) is 0 Å². The molecule has 1 rings (SSSR count). The van der Waals surface area contributed by atoms with Gasteiger partial charge in [0.25, 0.3) is 0 Å². The van der Waals surface area contributed by atoms with Crippen LogP contribution in [0, 0.1) is 12.7 Å². The molecule has 0 aromatic heterocycles. The first-order valence-electron chi connectivity index (χ1n) is 5.32. The highest BCUT2D eigenvalue weighted by atomic mass is 19.1. The van der Waals surface area contributed by atoms with Crippen LogP contribution in [0.15, 0.2) is 18.2 Å². The number of benzene rings is 1. The number of hydrogen-bond acceptors (Lipinski definition) is 2. The van der Waals surface area contributed by atoms with Gasteiger partial charge in [-0.15, -0.1) is 0 Å². The van der Waals surface area contributed by atoms with Crippen molar-refractivity contribution in [2.45, 2.75) is 32.9 Å². The van der Waals surface area contributed by atoms with E-state index >= 15 is 0 Å². The van der Waals surface area contributed by atoms with Crippen LogP contribution in [0.1, 0.15) is 24.5 Å². The monoisotopic (exact) mass is 210 g/mol. The summed E-state index contributed by atoms with van der Waals surface area (Å²) in [6.07, 6.45) is 0.910. The minimum Gasteiger partial charge on any atom is -0.330 e. The lowest BCUT2D eigenvalue weighted by Gasteiger charge is -2.13. The van der Waals surface area contributed by atoms with Crippen molar-refractivity contribution in [2.75, 3.05) is 6.54 Å². The van der Waals surface area contributed by atoms with Gasteiger partial charge in [0, 0.05) is 18.2 Å². The summed E-state index contributed by atoms with van der Waals surface area (Å²) in [6.45, 7) is 5.16. The standard InChI is InChI=1S/C12H19FN2/c1-9-3-4-11(12(13)7-9)8-15-10(2)5-6-14/h3-4,7,10,15H,5-6,8,14H2,1-2H3. The lowest BCUT2D eigenvalue weighted by atomic mass is 10.1.